The number of likely N-dealkylation sites (tertiary alicyclic amines) is 1. The number of carbonyl (C=O) groups is 1. The summed E-state index contributed by atoms with van der Waals surface area (Å²) in [6.45, 7) is 1.48. The molecule has 1 amide bonds. The number of halogens is 3. The van der Waals surface area contributed by atoms with Crippen LogP contribution in [0.3, 0.4) is 0 Å². The number of hydrogen-bond donors (Lipinski definition) is 1. The summed E-state index contributed by atoms with van der Waals surface area (Å²) in [7, 11) is 0. The number of piperidine rings is 1. The van der Waals surface area contributed by atoms with Gasteiger partial charge in [-0.3, -0.25) is 4.79 Å². The Morgan fingerprint density at radius 3 is 2.76 bits per heavy atom. The molecule has 1 aliphatic heterocycles. The zero-order chi connectivity index (χ0) is 11.7. The zero-order valence-electron chi connectivity index (χ0n) is 8.99. The third kappa shape index (κ3) is 3.67. The van der Waals surface area contributed by atoms with Gasteiger partial charge < -0.3 is 10.6 Å². The highest BCUT2D eigenvalue weighted by atomic mass is 79.9. The largest absolute Gasteiger partial charge is 0.337 e. The van der Waals surface area contributed by atoms with Crippen molar-refractivity contribution in [1.82, 2.24) is 4.90 Å². The quantitative estimate of drug-likeness (QED) is 0.781. The SMILES string of the molecule is Cl.N[C@@H]1CCCN(C(=O)c2cc(Br)sc2Br)C1. The molecule has 0 aliphatic carbocycles. The predicted octanol–water partition coefficient (Wildman–Crippen LogP) is 3.26. The van der Waals surface area contributed by atoms with E-state index in [0.717, 1.165) is 32.5 Å². The van der Waals surface area contributed by atoms with Crippen LogP contribution in [0.5, 0.6) is 0 Å². The zero-order valence-corrected chi connectivity index (χ0v) is 13.8. The predicted molar refractivity (Wildman–Crippen MR) is 80.1 cm³/mol. The Bertz CT molecular complexity index is 413. The monoisotopic (exact) mass is 402 g/mol. The highest BCUT2D eigenvalue weighted by molar-refractivity contribution is 9.12. The summed E-state index contributed by atoms with van der Waals surface area (Å²) in [5.74, 6) is 0.0731. The van der Waals surface area contributed by atoms with Gasteiger partial charge in [0, 0.05) is 19.1 Å². The van der Waals surface area contributed by atoms with Gasteiger partial charge in [0.15, 0.2) is 0 Å². The number of rotatable bonds is 1. The van der Waals surface area contributed by atoms with Gasteiger partial charge in [0.2, 0.25) is 0 Å². The number of nitrogens with zero attached hydrogens (tertiary/aromatic N) is 1. The van der Waals surface area contributed by atoms with Crippen LogP contribution < -0.4 is 5.73 Å². The summed E-state index contributed by atoms with van der Waals surface area (Å²) in [6, 6.07) is 1.98. The van der Waals surface area contributed by atoms with E-state index in [2.05, 4.69) is 31.9 Å². The minimum Gasteiger partial charge on any atom is -0.337 e. The minimum absolute atomic E-state index is 0. The lowest BCUT2D eigenvalue weighted by Gasteiger charge is -2.30. The Morgan fingerprint density at radius 1 is 1.53 bits per heavy atom. The molecule has 1 aromatic rings. The van der Waals surface area contributed by atoms with Crippen LogP contribution in [-0.2, 0) is 0 Å². The molecule has 0 radical (unpaired) electrons. The van der Waals surface area contributed by atoms with E-state index in [-0.39, 0.29) is 24.4 Å². The summed E-state index contributed by atoms with van der Waals surface area (Å²) in [5.41, 5.74) is 6.60. The first-order valence-corrected chi connectivity index (χ1v) is 7.48. The van der Waals surface area contributed by atoms with Gasteiger partial charge in [0.25, 0.3) is 5.91 Å². The maximum atomic E-state index is 12.2. The summed E-state index contributed by atoms with van der Waals surface area (Å²) < 4.78 is 1.84. The lowest BCUT2D eigenvalue weighted by atomic mass is 10.1. The number of nitrogens with two attached hydrogens (primary N) is 1. The molecule has 7 heteroatoms. The summed E-state index contributed by atoms with van der Waals surface area (Å²) in [5, 5.41) is 0. The molecule has 3 nitrogen and oxygen atoms in total. The van der Waals surface area contributed by atoms with Crippen LogP contribution in [0.25, 0.3) is 0 Å². The van der Waals surface area contributed by atoms with Crippen molar-refractivity contribution in [2.75, 3.05) is 13.1 Å². The van der Waals surface area contributed by atoms with Gasteiger partial charge in [-0.2, -0.15) is 0 Å². The molecule has 2 heterocycles. The molecule has 2 rings (SSSR count). The van der Waals surface area contributed by atoms with Crippen LogP contribution in [-0.4, -0.2) is 29.9 Å². The van der Waals surface area contributed by atoms with E-state index >= 15 is 0 Å². The van der Waals surface area contributed by atoms with Crippen LogP contribution in [0, 0.1) is 0 Å². The van der Waals surface area contributed by atoms with Crippen LogP contribution in [0.1, 0.15) is 23.2 Å². The van der Waals surface area contributed by atoms with Gasteiger partial charge in [0.05, 0.1) is 13.1 Å². The Kier molecular flexibility index (Phi) is 5.92. The van der Waals surface area contributed by atoms with E-state index in [1.165, 1.54) is 11.3 Å². The first kappa shape index (κ1) is 15.4. The molecule has 0 spiro atoms. The molecule has 0 bridgehead atoms. The van der Waals surface area contributed by atoms with Crippen molar-refractivity contribution in [2.45, 2.75) is 18.9 Å². The number of amides is 1. The third-order valence-corrected chi connectivity index (χ3v) is 4.97. The first-order chi connectivity index (χ1) is 7.58. The molecule has 1 fully saturated rings. The van der Waals surface area contributed by atoms with Gasteiger partial charge in [-0.1, -0.05) is 0 Å². The maximum absolute atomic E-state index is 12.2. The van der Waals surface area contributed by atoms with Gasteiger partial charge in [-0.15, -0.1) is 23.7 Å². The van der Waals surface area contributed by atoms with Crippen molar-refractivity contribution in [3.8, 4) is 0 Å². The number of carbonyl (C=O) groups excluding carboxylic acids is 1. The Hall–Kier alpha value is 0.380. The Balaban J connectivity index is 0.00000144. The van der Waals surface area contributed by atoms with E-state index in [4.69, 9.17) is 5.73 Å². The Labute approximate surface area is 127 Å². The summed E-state index contributed by atoms with van der Waals surface area (Å²) in [4.78, 5) is 14.0. The molecule has 0 aromatic carbocycles. The molecule has 1 aliphatic rings. The summed E-state index contributed by atoms with van der Waals surface area (Å²) >= 11 is 8.31. The van der Waals surface area contributed by atoms with E-state index in [1.54, 1.807) is 0 Å². The van der Waals surface area contributed by atoms with Crippen molar-refractivity contribution in [2.24, 2.45) is 5.73 Å². The second-order valence-electron chi connectivity index (χ2n) is 3.89. The average Bonchev–Trinajstić information content (AvgIpc) is 2.57. The highest BCUT2D eigenvalue weighted by Gasteiger charge is 2.24. The third-order valence-electron chi connectivity index (χ3n) is 2.63. The number of thiophene rings is 1. The molecule has 1 saturated heterocycles. The standard InChI is InChI=1S/C10H12Br2N2OS.ClH/c11-8-4-7(9(12)16-8)10(15)14-3-1-2-6(13)5-14;/h4,6H,1-3,5,13H2;1H/t6-;/m1./s1. The molecule has 96 valence electrons. The molecule has 1 aromatic heterocycles. The second-order valence-corrected chi connectivity index (χ2v) is 7.64. The van der Waals surface area contributed by atoms with Crippen molar-refractivity contribution in [3.05, 3.63) is 19.2 Å². The van der Waals surface area contributed by atoms with E-state index in [9.17, 15) is 4.79 Å². The normalized spacial score (nSPS) is 19.9. The van der Waals surface area contributed by atoms with Crippen LogP contribution >= 0.6 is 55.6 Å². The second kappa shape index (κ2) is 6.52. The lowest BCUT2D eigenvalue weighted by Crippen LogP contribution is -2.45. The van der Waals surface area contributed by atoms with Gasteiger partial charge in [-0.05, 0) is 50.8 Å². The van der Waals surface area contributed by atoms with Crippen molar-refractivity contribution in [3.63, 3.8) is 0 Å². The fourth-order valence-electron chi connectivity index (χ4n) is 1.85. The average molecular weight is 405 g/mol. The summed E-state index contributed by atoms with van der Waals surface area (Å²) in [6.07, 6.45) is 2.01. The van der Waals surface area contributed by atoms with Crippen LogP contribution in [0.15, 0.2) is 13.6 Å². The molecular weight excluding hydrogens is 391 g/mol. The van der Waals surface area contributed by atoms with Crippen LogP contribution in [0.4, 0.5) is 0 Å². The van der Waals surface area contributed by atoms with Gasteiger partial charge >= 0.3 is 0 Å². The molecule has 17 heavy (non-hydrogen) atoms. The lowest BCUT2D eigenvalue weighted by molar-refractivity contribution is 0.0708. The number of hydrogen-bond acceptors (Lipinski definition) is 3. The van der Waals surface area contributed by atoms with E-state index in [1.807, 2.05) is 11.0 Å². The van der Waals surface area contributed by atoms with Gasteiger partial charge in [0.1, 0.15) is 0 Å². The maximum Gasteiger partial charge on any atom is 0.255 e. The topological polar surface area (TPSA) is 46.3 Å². The molecule has 2 N–H and O–H groups in total. The molecular formula is C10H13Br2ClN2OS. The van der Waals surface area contributed by atoms with Crippen molar-refractivity contribution >= 4 is 61.5 Å². The van der Waals surface area contributed by atoms with E-state index in [0.29, 0.717) is 6.54 Å². The smallest absolute Gasteiger partial charge is 0.255 e. The Morgan fingerprint density at radius 2 is 2.24 bits per heavy atom. The van der Waals surface area contributed by atoms with Crippen LogP contribution in [0.2, 0.25) is 0 Å². The molecule has 0 saturated carbocycles. The van der Waals surface area contributed by atoms with Crippen molar-refractivity contribution in [1.29, 1.82) is 0 Å². The van der Waals surface area contributed by atoms with E-state index < -0.39 is 0 Å². The fourth-order valence-corrected chi connectivity index (χ4v) is 4.63. The van der Waals surface area contributed by atoms with Gasteiger partial charge in [-0.25, -0.2) is 0 Å². The first-order valence-electron chi connectivity index (χ1n) is 5.07. The fraction of sp³-hybridized carbons (Fsp3) is 0.500. The molecule has 1 atom stereocenters. The highest BCUT2D eigenvalue weighted by Crippen LogP contribution is 2.32. The van der Waals surface area contributed by atoms with Crippen molar-refractivity contribution < 1.29 is 4.79 Å². The minimum atomic E-state index is 0. The molecule has 0 unspecified atom stereocenters.